The summed E-state index contributed by atoms with van der Waals surface area (Å²) in [6, 6.07) is 9.12. The Morgan fingerprint density at radius 1 is 1.27 bits per heavy atom. The van der Waals surface area contributed by atoms with Crippen LogP contribution in [0.15, 0.2) is 41.2 Å². The summed E-state index contributed by atoms with van der Waals surface area (Å²) in [6.45, 7) is 1.31. The number of halogens is 1. The number of aryl methyl sites for hydroxylation is 1. The summed E-state index contributed by atoms with van der Waals surface area (Å²) in [7, 11) is 1.52. The third-order valence-corrected chi connectivity index (χ3v) is 4.36. The number of nitrogens with one attached hydrogen (secondary N) is 1. The van der Waals surface area contributed by atoms with Crippen LogP contribution in [0.1, 0.15) is 18.4 Å². The monoisotopic (exact) mass is 360 g/mol. The van der Waals surface area contributed by atoms with Gasteiger partial charge in [-0.2, -0.15) is 5.10 Å². The van der Waals surface area contributed by atoms with Gasteiger partial charge < -0.3 is 9.64 Å². The second-order valence-electron chi connectivity index (χ2n) is 6.20. The number of hydrogen-bond donors (Lipinski definition) is 1. The number of nitrogens with zero attached hydrogens (tertiary/aromatic N) is 3. The smallest absolute Gasteiger partial charge is 0.323 e. The third-order valence-electron chi connectivity index (χ3n) is 4.36. The van der Waals surface area contributed by atoms with Gasteiger partial charge >= 0.3 is 6.03 Å². The zero-order valence-corrected chi connectivity index (χ0v) is 14.5. The lowest BCUT2D eigenvalue weighted by Gasteiger charge is -2.31. The van der Waals surface area contributed by atoms with Crippen molar-refractivity contribution < 1.29 is 13.9 Å². The van der Waals surface area contributed by atoms with Gasteiger partial charge in [0, 0.05) is 31.8 Å². The predicted molar refractivity (Wildman–Crippen MR) is 94.3 cm³/mol. The van der Waals surface area contributed by atoms with Gasteiger partial charge in [-0.05, 0) is 25.0 Å². The fourth-order valence-corrected chi connectivity index (χ4v) is 2.81. The molecule has 8 heteroatoms. The van der Waals surface area contributed by atoms with E-state index in [1.807, 2.05) is 0 Å². The Kier molecular flexibility index (Phi) is 5.62. The standard InChI is InChI=1S/C18H21FN4O3/c1-22-17(24)7-6-16(21-22)20-18(25)23-10-8-14(9-11-23)26-12-13-4-2-3-5-15(13)19/h2-7,14H,8-12H2,1H3,(H,20,21,25). The molecule has 1 aromatic carbocycles. The second-order valence-corrected chi connectivity index (χ2v) is 6.20. The van der Waals surface area contributed by atoms with E-state index in [9.17, 15) is 14.0 Å². The van der Waals surface area contributed by atoms with Crippen molar-refractivity contribution in [1.82, 2.24) is 14.7 Å². The van der Waals surface area contributed by atoms with Gasteiger partial charge in [0.05, 0.1) is 12.7 Å². The Morgan fingerprint density at radius 2 is 2.00 bits per heavy atom. The average molecular weight is 360 g/mol. The Bertz CT molecular complexity index is 831. The minimum Gasteiger partial charge on any atom is -0.373 e. The second kappa shape index (κ2) is 8.09. The van der Waals surface area contributed by atoms with Gasteiger partial charge in [-0.25, -0.2) is 13.9 Å². The first-order chi connectivity index (χ1) is 12.5. The minimum absolute atomic E-state index is 0.00525. The highest BCUT2D eigenvalue weighted by atomic mass is 19.1. The number of amides is 2. The minimum atomic E-state index is -0.269. The van der Waals surface area contributed by atoms with Crippen LogP contribution in [0.5, 0.6) is 0 Å². The molecule has 2 heterocycles. The zero-order valence-electron chi connectivity index (χ0n) is 14.5. The van der Waals surface area contributed by atoms with Gasteiger partial charge in [-0.1, -0.05) is 18.2 Å². The number of piperidine rings is 1. The van der Waals surface area contributed by atoms with Gasteiger partial charge in [-0.3, -0.25) is 10.1 Å². The molecule has 1 fully saturated rings. The van der Waals surface area contributed by atoms with Crippen molar-refractivity contribution in [2.24, 2.45) is 7.05 Å². The van der Waals surface area contributed by atoms with Crippen LogP contribution in [0.3, 0.4) is 0 Å². The summed E-state index contributed by atoms with van der Waals surface area (Å²) in [6.07, 6.45) is 1.36. The summed E-state index contributed by atoms with van der Waals surface area (Å²) >= 11 is 0. The molecule has 1 aromatic heterocycles. The van der Waals surface area contributed by atoms with Gasteiger partial charge in [0.2, 0.25) is 0 Å². The van der Waals surface area contributed by atoms with E-state index >= 15 is 0 Å². The lowest BCUT2D eigenvalue weighted by atomic mass is 10.1. The van der Waals surface area contributed by atoms with E-state index in [0.29, 0.717) is 37.3 Å². The SMILES string of the molecule is Cn1nc(NC(=O)N2CCC(OCc3ccccc3F)CC2)ccc1=O. The van der Waals surface area contributed by atoms with Crippen LogP contribution in [0.2, 0.25) is 0 Å². The average Bonchev–Trinajstić information content (AvgIpc) is 2.64. The number of likely N-dealkylation sites (tertiary alicyclic amines) is 1. The van der Waals surface area contributed by atoms with Gasteiger partial charge in [0.15, 0.2) is 5.82 Å². The van der Waals surface area contributed by atoms with Crippen molar-refractivity contribution in [3.8, 4) is 0 Å². The van der Waals surface area contributed by atoms with E-state index in [1.165, 1.54) is 29.9 Å². The van der Waals surface area contributed by atoms with Crippen LogP contribution in [-0.2, 0) is 18.4 Å². The molecule has 7 nitrogen and oxygen atoms in total. The quantitative estimate of drug-likeness (QED) is 0.906. The summed E-state index contributed by atoms with van der Waals surface area (Å²) in [5.74, 6) is 0.0594. The van der Waals surface area contributed by atoms with Crippen LogP contribution in [0.25, 0.3) is 0 Å². The Morgan fingerprint density at radius 3 is 2.69 bits per heavy atom. The number of hydrogen-bond acceptors (Lipinski definition) is 4. The van der Waals surface area contributed by atoms with E-state index in [-0.39, 0.29) is 30.1 Å². The summed E-state index contributed by atoms with van der Waals surface area (Å²) in [5, 5.41) is 6.66. The number of anilines is 1. The van der Waals surface area contributed by atoms with E-state index in [0.717, 1.165) is 0 Å². The highest BCUT2D eigenvalue weighted by Crippen LogP contribution is 2.17. The van der Waals surface area contributed by atoms with Crippen LogP contribution in [-0.4, -0.2) is 39.9 Å². The van der Waals surface area contributed by atoms with Crippen molar-refractivity contribution in [2.45, 2.75) is 25.6 Å². The largest absolute Gasteiger partial charge is 0.373 e. The molecule has 1 aliphatic heterocycles. The molecule has 1 saturated heterocycles. The Hall–Kier alpha value is -2.74. The summed E-state index contributed by atoms with van der Waals surface area (Å²) in [5.41, 5.74) is 0.296. The van der Waals surface area contributed by atoms with Crippen LogP contribution < -0.4 is 10.9 Å². The fraction of sp³-hybridized carbons (Fsp3) is 0.389. The maximum absolute atomic E-state index is 13.6. The number of ether oxygens (including phenoxy) is 1. The molecule has 0 bridgehead atoms. The van der Waals surface area contributed by atoms with Gasteiger partial charge in [0.25, 0.3) is 5.56 Å². The van der Waals surface area contributed by atoms with E-state index in [2.05, 4.69) is 10.4 Å². The van der Waals surface area contributed by atoms with Crippen molar-refractivity contribution in [3.63, 3.8) is 0 Å². The molecular formula is C18H21FN4O3. The van der Waals surface area contributed by atoms with E-state index in [4.69, 9.17) is 4.74 Å². The third kappa shape index (κ3) is 4.45. The first kappa shape index (κ1) is 18.1. The van der Waals surface area contributed by atoms with Crippen molar-refractivity contribution in [2.75, 3.05) is 18.4 Å². The molecule has 138 valence electrons. The molecule has 0 saturated carbocycles. The number of urea groups is 1. The lowest BCUT2D eigenvalue weighted by Crippen LogP contribution is -2.43. The number of benzene rings is 1. The highest BCUT2D eigenvalue weighted by Gasteiger charge is 2.23. The first-order valence-corrected chi connectivity index (χ1v) is 8.48. The van der Waals surface area contributed by atoms with E-state index in [1.54, 1.807) is 23.1 Å². The molecule has 0 spiro atoms. The van der Waals surface area contributed by atoms with Crippen LogP contribution in [0.4, 0.5) is 15.0 Å². The molecular weight excluding hydrogens is 339 g/mol. The number of rotatable bonds is 4. The van der Waals surface area contributed by atoms with Crippen molar-refractivity contribution >= 4 is 11.8 Å². The molecule has 2 aromatic rings. The zero-order chi connectivity index (χ0) is 18.5. The normalized spacial score (nSPS) is 15.1. The fourth-order valence-electron chi connectivity index (χ4n) is 2.81. The summed E-state index contributed by atoms with van der Waals surface area (Å²) in [4.78, 5) is 25.3. The molecule has 26 heavy (non-hydrogen) atoms. The maximum Gasteiger partial charge on any atom is 0.323 e. The van der Waals surface area contributed by atoms with Crippen molar-refractivity contribution in [3.05, 3.63) is 58.1 Å². The number of aromatic nitrogens is 2. The van der Waals surface area contributed by atoms with E-state index < -0.39 is 0 Å². The molecule has 3 rings (SSSR count). The lowest BCUT2D eigenvalue weighted by molar-refractivity contribution is 0.00430. The topological polar surface area (TPSA) is 76.5 Å². The van der Waals surface area contributed by atoms with Gasteiger partial charge in [0.1, 0.15) is 5.82 Å². The number of carbonyl (C=O) groups is 1. The number of carbonyl (C=O) groups excluding carboxylic acids is 1. The Balaban J connectivity index is 1.47. The van der Waals surface area contributed by atoms with Crippen LogP contribution >= 0.6 is 0 Å². The molecule has 1 aliphatic rings. The van der Waals surface area contributed by atoms with Crippen molar-refractivity contribution in [1.29, 1.82) is 0 Å². The van der Waals surface area contributed by atoms with Gasteiger partial charge in [-0.15, -0.1) is 0 Å². The maximum atomic E-state index is 13.6. The molecule has 1 N–H and O–H groups in total. The molecule has 2 amide bonds. The van der Waals surface area contributed by atoms with Crippen LogP contribution in [0, 0.1) is 5.82 Å². The molecule has 0 unspecified atom stereocenters. The first-order valence-electron chi connectivity index (χ1n) is 8.48. The highest BCUT2D eigenvalue weighted by molar-refractivity contribution is 5.88. The molecule has 0 aliphatic carbocycles. The molecule has 0 radical (unpaired) electrons. The Labute approximate surface area is 150 Å². The molecule has 0 atom stereocenters. The predicted octanol–water partition coefficient (Wildman–Crippen LogP) is 2.13. The summed E-state index contributed by atoms with van der Waals surface area (Å²) < 4.78 is 20.5.